The van der Waals surface area contributed by atoms with Gasteiger partial charge in [-0.25, -0.2) is 4.39 Å². The molecule has 0 saturated carbocycles. The Hall–Kier alpha value is -0.870. The van der Waals surface area contributed by atoms with Crippen LogP contribution in [-0.4, -0.2) is 0 Å². The second kappa shape index (κ2) is 6.53. The number of para-hydroxylation sites is 1. The number of benzene rings is 2. The average molecular weight is 388 g/mol. The maximum Gasteiger partial charge on any atom is 0.126 e. The number of hydrogen-bond acceptors (Lipinski definition) is 1. The molecule has 0 spiro atoms. The molecule has 0 saturated heterocycles. The van der Waals surface area contributed by atoms with Crippen LogP contribution >= 0.6 is 31.9 Å². The van der Waals surface area contributed by atoms with Crippen LogP contribution in [0.15, 0.2) is 40.9 Å². The van der Waals surface area contributed by atoms with Gasteiger partial charge in [-0.15, -0.1) is 0 Å². The van der Waals surface area contributed by atoms with Crippen molar-refractivity contribution in [2.24, 2.45) is 0 Å². The SMILES string of the molecule is Cc1cccc(CBr)c1OCc1ccc(F)cc1Br. The van der Waals surface area contributed by atoms with E-state index in [0.29, 0.717) is 6.61 Å². The van der Waals surface area contributed by atoms with Gasteiger partial charge in [0.15, 0.2) is 0 Å². The zero-order valence-electron chi connectivity index (χ0n) is 10.4. The van der Waals surface area contributed by atoms with Crippen molar-refractivity contribution in [1.29, 1.82) is 0 Å². The summed E-state index contributed by atoms with van der Waals surface area (Å²) in [6.45, 7) is 2.42. The summed E-state index contributed by atoms with van der Waals surface area (Å²) in [5, 5.41) is 0.745. The maximum absolute atomic E-state index is 13.0. The van der Waals surface area contributed by atoms with Crippen LogP contribution in [-0.2, 0) is 11.9 Å². The molecule has 0 amide bonds. The summed E-state index contributed by atoms with van der Waals surface area (Å²) in [6.07, 6.45) is 0. The van der Waals surface area contributed by atoms with E-state index in [1.165, 1.54) is 12.1 Å². The number of alkyl halides is 1. The lowest BCUT2D eigenvalue weighted by Gasteiger charge is -2.13. The minimum Gasteiger partial charge on any atom is -0.488 e. The molecular formula is C15H13Br2FO. The highest BCUT2D eigenvalue weighted by Crippen LogP contribution is 2.27. The van der Waals surface area contributed by atoms with Gasteiger partial charge in [0.05, 0.1) is 0 Å². The van der Waals surface area contributed by atoms with Crippen LogP contribution in [0.5, 0.6) is 5.75 Å². The smallest absolute Gasteiger partial charge is 0.126 e. The van der Waals surface area contributed by atoms with Crippen molar-refractivity contribution in [1.82, 2.24) is 0 Å². The van der Waals surface area contributed by atoms with E-state index >= 15 is 0 Å². The molecule has 4 heteroatoms. The number of hydrogen-bond donors (Lipinski definition) is 0. The van der Waals surface area contributed by atoms with E-state index in [0.717, 1.165) is 32.2 Å². The first-order valence-corrected chi connectivity index (χ1v) is 7.74. The summed E-state index contributed by atoms with van der Waals surface area (Å²) in [5.74, 6) is 0.628. The number of aryl methyl sites for hydroxylation is 1. The number of ether oxygens (including phenoxy) is 1. The topological polar surface area (TPSA) is 9.23 Å². The highest BCUT2D eigenvalue weighted by molar-refractivity contribution is 9.10. The van der Waals surface area contributed by atoms with Crippen molar-refractivity contribution in [2.75, 3.05) is 0 Å². The first-order valence-electron chi connectivity index (χ1n) is 5.83. The van der Waals surface area contributed by atoms with E-state index in [1.54, 1.807) is 6.07 Å². The van der Waals surface area contributed by atoms with E-state index in [9.17, 15) is 4.39 Å². The van der Waals surface area contributed by atoms with E-state index in [4.69, 9.17) is 4.74 Å². The highest BCUT2D eigenvalue weighted by atomic mass is 79.9. The Morgan fingerprint density at radius 3 is 2.63 bits per heavy atom. The standard InChI is InChI=1S/C15H13Br2FO/c1-10-3-2-4-11(8-16)15(10)19-9-12-5-6-13(18)7-14(12)17/h2-7H,8-9H2,1H3. The summed E-state index contributed by atoms with van der Waals surface area (Å²) in [6, 6.07) is 10.7. The van der Waals surface area contributed by atoms with Crippen molar-refractivity contribution >= 4 is 31.9 Å². The molecule has 0 atom stereocenters. The molecule has 0 aromatic heterocycles. The van der Waals surface area contributed by atoms with Gasteiger partial charge in [0.1, 0.15) is 18.2 Å². The van der Waals surface area contributed by atoms with Gasteiger partial charge in [0.25, 0.3) is 0 Å². The van der Waals surface area contributed by atoms with Gasteiger partial charge in [-0.2, -0.15) is 0 Å². The third-order valence-corrected chi connectivity index (χ3v) is 4.17. The summed E-state index contributed by atoms with van der Waals surface area (Å²) < 4.78 is 19.6. The van der Waals surface area contributed by atoms with Gasteiger partial charge in [0, 0.05) is 20.9 Å². The largest absolute Gasteiger partial charge is 0.488 e. The summed E-state index contributed by atoms with van der Waals surface area (Å²) in [5.41, 5.74) is 3.12. The summed E-state index contributed by atoms with van der Waals surface area (Å²) in [7, 11) is 0. The summed E-state index contributed by atoms with van der Waals surface area (Å²) in [4.78, 5) is 0. The molecule has 0 aliphatic heterocycles. The fraction of sp³-hybridized carbons (Fsp3) is 0.200. The van der Waals surface area contributed by atoms with Gasteiger partial charge in [-0.1, -0.05) is 56.1 Å². The van der Waals surface area contributed by atoms with Crippen molar-refractivity contribution in [3.8, 4) is 5.75 Å². The predicted octanol–water partition coefficient (Wildman–Crippen LogP) is 5.37. The normalized spacial score (nSPS) is 10.5. The average Bonchev–Trinajstić information content (AvgIpc) is 2.39. The fourth-order valence-corrected chi connectivity index (χ4v) is 2.72. The van der Waals surface area contributed by atoms with E-state index in [-0.39, 0.29) is 5.82 Å². The molecule has 0 fully saturated rings. The molecule has 19 heavy (non-hydrogen) atoms. The van der Waals surface area contributed by atoms with Crippen LogP contribution in [0.1, 0.15) is 16.7 Å². The Kier molecular flexibility index (Phi) is 4.99. The van der Waals surface area contributed by atoms with Gasteiger partial charge in [-0.3, -0.25) is 0 Å². The van der Waals surface area contributed by atoms with Crippen LogP contribution in [0.25, 0.3) is 0 Å². The van der Waals surface area contributed by atoms with Gasteiger partial charge in [0.2, 0.25) is 0 Å². The lowest BCUT2D eigenvalue weighted by molar-refractivity contribution is 0.301. The van der Waals surface area contributed by atoms with E-state index in [1.807, 2.05) is 25.1 Å². The Labute approximate surface area is 129 Å². The molecule has 2 aromatic rings. The minimum atomic E-state index is -0.257. The van der Waals surface area contributed by atoms with Crippen LogP contribution in [0, 0.1) is 12.7 Å². The molecule has 1 nitrogen and oxygen atoms in total. The fourth-order valence-electron chi connectivity index (χ4n) is 1.81. The first-order chi connectivity index (χ1) is 9.11. The van der Waals surface area contributed by atoms with Crippen LogP contribution in [0.2, 0.25) is 0 Å². The molecule has 0 aliphatic carbocycles. The molecule has 0 aliphatic rings. The van der Waals surface area contributed by atoms with Crippen molar-refractivity contribution in [2.45, 2.75) is 18.9 Å². The van der Waals surface area contributed by atoms with Crippen LogP contribution in [0.3, 0.4) is 0 Å². The maximum atomic E-state index is 13.0. The second-order valence-corrected chi connectivity index (χ2v) is 5.64. The Morgan fingerprint density at radius 2 is 1.95 bits per heavy atom. The van der Waals surface area contributed by atoms with Gasteiger partial charge < -0.3 is 4.74 Å². The van der Waals surface area contributed by atoms with Crippen LogP contribution < -0.4 is 4.74 Å². The Balaban J connectivity index is 2.19. The molecular weight excluding hydrogens is 375 g/mol. The van der Waals surface area contributed by atoms with Crippen molar-refractivity contribution in [3.63, 3.8) is 0 Å². The molecule has 0 bridgehead atoms. The zero-order valence-corrected chi connectivity index (χ0v) is 13.6. The third kappa shape index (κ3) is 3.57. The van der Waals surface area contributed by atoms with Crippen molar-refractivity contribution < 1.29 is 9.13 Å². The monoisotopic (exact) mass is 386 g/mol. The zero-order chi connectivity index (χ0) is 13.8. The van der Waals surface area contributed by atoms with E-state index < -0.39 is 0 Å². The highest BCUT2D eigenvalue weighted by Gasteiger charge is 2.08. The quantitative estimate of drug-likeness (QED) is 0.640. The Bertz CT molecular complexity index is 584. The Morgan fingerprint density at radius 1 is 1.16 bits per heavy atom. The van der Waals surface area contributed by atoms with Crippen molar-refractivity contribution in [3.05, 3.63) is 63.4 Å². The number of rotatable bonds is 4. The van der Waals surface area contributed by atoms with Crippen LogP contribution in [0.4, 0.5) is 4.39 Å². The molecule has 2 aromatic carbocycles. The summed E-state index contributed by atoms with van der Waals surface area (Å²) >= 11 is 6.80. The van der Waals surface area contributed by atoms with E-state index in [2.05, 4.69) is 31.9 Å². The molecule has 0 heterocycles. The molecule has 2 rings (SSSR count). The number of halogens is 3. The molecule has 0 unspecified atom stereocenters. The molecule has 100 valence electrons. The van der Waals surface area contributed by atoms with Gasteiger partial charge >= 0.3 is 0 Å². The minimum absolute atomic E-state index is 0.257. The molecule has 0 N–H and O–H groups in total. The second-order valence-electron chi connectivity index (χ2n) is 4.22. The predicted molar refractivity (Wildman–Crippen MR) is 82.2 cm³/mol. The molecule has 0 radical (unpaired) electrons. The first kappa shape index (κ1) is 14.5. The lowest BCUT2D eigenvalue weighted by Crippen LogP contribution is -2.00. The van der Waals surface area contributed by atoms with Gasteiger partial charge in [-0.05, 0) is 24.6 Å². The third-order valence-electron chi connectivity index (χ3n) is 2.82. The lowest BCUT2D eigenvalue weighted by atomic mass is 10.1.